The van der Waals surface area contributed by atoms with Crippen LogP contribution in [0.5, 0.6) is 5.75 Å². The van der Waals surface area contributed by atoms with E-state index in [4.69, 9.17) is 4.74 Å². The van der Waals surface area contributed by atoms with Gasteiger partial charge >= 0.3 is 0 Å². The molecule has 2 amide bonds. The summed E-state index contributed by atoms with van der Waals surface area (Å²) in [6, 6.07) is 5.66. The van der Waals surface area contributed by atoms with Crippen molar-refractivity contribution in [3.05, 3.63) is 46.4 Å². The number of benzene rings is 1. The van der Waals surface area contributed by atoms with Gasteiger partial charge in [0, 0.05) is 6.54 Å². The number of hydrogen-bond donors (Lipinski definition) is 2. The molecule has 10 heteroatoms. The van der Waals surface area contributed by atoms with Crippen LogP contribution >= 0.6 is 11.8 Å². The second-order valence-electron chi connectivity index (χ2n) is 7.08. The van der Waals surface area contributed by atoms with Gasteiger partial charge in [-0.05, 0) is 42.0 Å². The van der Waals surface area contributed by atoms with Crippen LogP contribution in [0.2, 0.25) is 0 Å². The molecule has 2 atom stereocenters. The van der Waals surface area contributed by atoms with E-state index < -0.39 is 5.91 Å². The number of amidine groups is 1. The Hall–Kier alpha value is -3.14. The zero-order valence-corrected chi connectivity index (χ0v) is 16.6. The highest BCUT2D eigenvalue weighted by molar-refractivity contribution is 8.04. The summed E-state index contributed by atoms with van der Waals surface area (Å²) in [7, 11) is 0. The molecule has 148 valence electrons. The minimum absolute atomic E-state index is 0.0636. The average molecular weight is 410 g/mol. The Labute approximate surface area is 170 Å². The number of carbonyl (C=O) groups excluding carboxylic acids is 2. The van der Waals surface area contributed by atoms with E-state index in [1.54, 1.807) is 6.33 Å². The number of aromatic nitrogens is 3. The Balaban J connectivity index is 1.30. The molecule has 4 heterocycles. The molecule has 3 aliphatic rings. The minimum Gasteiger partial charge on any atom is -0.483 e. The van der Waals surface area contributed by atoms with Crippen LogP contribution in [0.15, 0.2) is 40.0 Å². The van der Waals surface area contributed by atoms with Crippen molar-refractivity contribution in [1.29, 1.82) is 0 Å². The van der Waals surface area contributed by atoms with Gasteiger partial charge in [0.1, 0.15) is 24.1 Å². The summed E-state index contributed by atoms with van der Waals surface area (Å²) < 4.78 is 7.54. The Morgan fingerprint density at radius 2 is 2.28 bits per heavy atom. The number of ether oxygens (including phenoxy) is 1. The zero-order chi connectivity index (χ0) is 20.1. The summed E-state index contributed by atoms with van der Waals surface area (Å²) in [4.78, 5) is 30.6. The molecule has 0 aliphatic carbocycles. The minimum atomic E-state index is -0.404. The summed E-state index contributed by atoms with van der Waals surface area (Å²) in [6.07, 6.45) is 1.64. The van der Waals surface area contributed by atoms with E-state index in [1.165, 1.54) is 11.8 Å². The molecule has 9 nitrogen and oxygen atoms in total. The number of aliphatic imine (C=N–C) groups is 1. The number of allylic oxidation sites excluding steroid dienone is 1. The van der Waals surface area contributed by atoms with Crippen LogP contribution in [0.1, 0.15) is 25.2 Å². The summed E-state index contributed by atoms with van der Waals surface area (Å²) in [5, 5.41) is 13.1. The van der Waals surface area contributed by atoms with Crippen LogP contribution in [-0.4, -0.2) is 37.8 Å². The number of nitrogens with zero attached hydrogens (tertiary/aromatic N) is 4. The van der Waals surface area contributed by atoms with Crippen molar-refractivity contribution in [3.8, 4) is 11.4 Å². The molecule has 0 radical (unpaired) electrons. The van der Waals surface area contributed by atoms with Gasteiger partial charge in [-0.2, -0.15) is 0 Å². The van der Waals surface area contributed by atoms with Crippen molar-refractivity contribution < 1.29 is 14.3 Å². The molecule has 2 N–H and O–H groups in total. The lowest BCUT2D eigenvalue weighted by Gasteiger charge is -2.24. The Kier molecular flexibility index (Phi) is 4.16. The molecule has 29 heavy (non-hydrogen) atoms. The second-order valence-corrected chi connectivity index (χ2v) is 8.41. The van der Waals surface area contributed by atoms with Gasteiger partial charge in [0.25, 0.3) is 5.91 Å². The number of rotatable bonds is 3. The van der Waals surface area contributed by atoms with E-state index in [0.717, 1.165) is 33.3 Å². The van der Waals surface area contributed by atoms with Gasteiger partial charge in [-0.1, -0.05) is 6.07 Å². The van der Waals surface area contributed by atoms with Gasteiger partial charge in [-0.3, -0.25) is 14.2 Å². The summed E-state index contributed by atoms with van der Waals surface area (Å²) in [5.74, 6) is 0.644. The van der Waals surface area contributed by atoms with Crippen molar-refractivity contribution in [2.75, 3.05) is 0 Å². The topological polar surface area (TPSA) is 111 Å². The molecule has 2 unspecified atom stereocenters. The van der Waals surface area contributed by atoms with Gasteiger partial charge in [-0.25, -0.2) is 4.99 Å². The summed E-state index contributed by atoms with van der Waals surface area (Å²) in [6.45, 7) is 4.57. The van der Waals surface area contributed by atoms with Gasteiger partial charge in [0.05, 0.1) is 11.6 Å². The zero-order valence-electron chi connectivity index (χ0n) is 15.8. The van der Waals surface area contributed by atoms with E-state index in [2.05, 4.69) is 25.8 Å². The molecule has 0 spiro atoms. The SMILES string of the molecule is CC1=C(C)C2C(=O)NC(C(=O)NCc3ccc4c(c3)-n3cnnc3CO4)=NC2S1. The summed E-state index contributed by atoms with van der Waals surface area (Å²) in [5.41, 5.74) is 2.73. The van der Waals surface area contributed by atoms with Gasteiger partial charge in [-0.15, -0.1) is 22.0 Å². The highest BCUT2D eigenvalue weighted by Gasteiger charge is 2.41. The Morgan fingerprint density at radius 1 is 1.41 bits per heavy atom. The quantitative estimate of drug-likeness (QED) is 0.789. The number of nitrogens with one attached hydrogen (secondary N) is 2. The molecular formula is C19H18N6O3S. The average Bonchev–Trinajstić information content (AvgIpc) is 3.30. The highest BCUT2D eigenvalue weighted by Crippen LogP contribution is 2.43. The van der Waals surface area contributed by atoms with Crippen molar-refractivity contribution >= 4 is 29.4 Å². The molecule has 2 aromatic rings. The third-order valence-corrected chi connectivity index (χ3v) is 6.61. The van der Waals surface area contributed by atoms with E-state index in [1.807, 2.05) is 36.6 Å². The monoisotopic (exact) mass is 410 g/mol. The maximum Gasteiger partial charge on any atom is 0.287 e. The van der Waals surface area contributed by atoms with Gasteiger partial charge in [0.2, 0.25) is 5.91 Å². The number of fused-ring (bicyclic) bond motifs is 4. The van der Waals surface area contributed by atoms with Crippen LogP contribution in [0.25, 0.3) is 5.69 Å². The number of amides is 2. The fourth-order valence-corrected chi connectivity index (χ4v) is 4.92. The normalized spacial score (nSPS) is 22.1. The standard InChI is InChI=1S/C19H18N6O3S/c1-9-10(2)29-19-15(9)17(26)22-16(23-19)18(27)20-6-11-3-4-13-12(5-11)25-8-21-24-14(25)7-28-13/h3-5,8,15,19H,6-7H2,1-2H3,(H,20,27)(H,22,23,26). The molecule has 0 bridgehead atoms. The van der Waals surface area contributed by atoms with E-state index in [0.29, 0.717) is 6.61 Å². The first-order chi connectivity index (χ1) is 14.0. The fraction of sp³-hybridized carbons (Fsp3) is 0.316. The van der Waals surface area contributed by atoms with Crippen LogP contribution < -0.4 is 15.4 Å². The van der Waals surface area contributed by atoms with E-state index >= 15 is 0 Å². The Bertz CT molecular complexity index is 1110. The molecule has 0 fully saturated rings. The maximum absolute atomic E-state index is 12.6. The largest absolute Gasteiger partial charge is 0.483 e. The molecule has 5 rings (SSSR count). The molecular weight excluding hydrogens is 392 g/mol. The molecule has 3 aliphatic heterocycles. The van der Waals surface area contributed by atoms with Crippen molar-refractivity contribution in [3.63, 3.8) is 0 Å². The lowest BCUT2D eigenvalue weighted by atomic mass is 9.98. The lowest BCUT2D eigenvalue weighted by Crippen LogP contribution is -2.50. The fourth-order valence-electron chi connectivity index (χ4n) is 3.62. The molecule has 1 aromatic heterocycles. The van der Waals surface area contributed by atoms with E-state index in [-0.39, 0.29) is 29.6 Å². The first-order valence-electron chi connectivity index (χ1n) is 9.17. The number of carbonyl (C=O) groups is 2. The van der Waals surface area contributed by atoms with Gasteiger partial charge < -0.3 is 15.4 Å². The van der Waals surface area contributed by atoms with Crippen LogP contribution in [0.3, 0.4) is 0 Å². The number of hydrogen-bond acceptors (Lipinski definition) is 7. The Morgan fingerprint density at radius 3 is 3.14 bits per heavy atom. The number of thioether (sulfide) groups is 1. The third kappa shape index (κ3) is 3.00. The first kappa shape index (κ1) is 17.9. The highest BCUT2D eigenvalue weighted by atomic mass is 32.2. The maximum atomic E-state index is 12.6. The van der Waals surface area contributed by atoms with Gasteiger partial charge in [0.15, 0.2) is 11.7 Å². The van der Waals surface area contributed by atoms with Crippen molar-refractivity contribution in [2.24, 2.45) is 10.9 Å². The van der Waals surface area contributed by atoms with Crippen LogP contribution in [0, 0.1) is 5.92 Å². The van der Waals surface area contributed by atoms with Crippen molar-refractivity contribution in [1.82, 2.24) is 25.4 Å². The van der Waals surface area contributed by atoms with Crippen molar-refractivity contribution in [2.45, 2.75) is 32.4 Å². The second kappa shape index (κ2) is 6.73. The van der Waals surface area contributed by atoms with E-state index in [9.17, 15) is 9.59 Å². The molecule has 1 aromatic carbocycles. The molecule has 0 saturated heterocycles. The predicted molar refractivity (Wildman–Crippen MR) is 106 cm³/mol. The summed E-state index contributed by atoms with van der Waals surface area (Å²) >= 11 is 1.53. The smallest absolute Gasteiger partial charge is 0.287 e. The third-order valence-electron chi connectivity index (χ3n) is 5.31. The van der Waals surface area contributed by atoms with Crippen LogP contribution in [-0.2, 0) is 22.7 Å². The molecule has 0 saturated carbocycles. The first-order valence-corrected chi connectivity index (χ1v) is 10.0. The predicted octanol–water partition coefficient (Wildman–Crippen LogP) is 1.29. The van der Waals surface area contributed by atoms with Crippen LogP contribution in [0.4, 0.5) is 0 Å². The lowest BCUT2D eigenvalue weighted by molar-refractivity contribution is -0.124.